The molecule has 1 aliphatic carbocycles. The lowest BCUT2D eigenvalue weighted by atomic mass is 9.92. The second-order valence-electron chi connectivity index (χ2n) is 6.92. The van der Waals surface area contributed by atoms with Gasteiger partial charge >= 0.3 is 0 Å². The van der Waals surface area contributed by atoms with Gasteiger partial charge in [0.2, 0.25) is 0 Å². The lowest BCUT2D eigenvalue weighted by Gasteiger charge is -2.24. The van der Waals surface area contributed by atoms with Crippen LogP contribution in [0, 0.1) is 6.92 Å². The van der Waals surface area contributed by atoms with E-state index in [9.17, 15) is 4.79 Å². The minimum Gasteiger partial charge on any atom is -0.345 e. The van der Waals surface area contributed by atoms with Crippen LogP contribution in [0.25, 0.3) is 0 Å². The summed E-state index contributed by atoms with van der Waals surface area (Å²) >= 11 is 0. The number of nitrogens with one attached hydrogen (secondary N) is 1. The van der Waals surface area contributed by atoms with Crippen LogP contribution in [-0.4, -0.2) is 15.7 Å². The summed E-state index contributed by atoms with van der Waals surface area (Å²) < 4.78 is 2.08. The summed E-state index contributed by atoms with van der Waals surface area (Å²) in [4.78, 5) is 12.7. The molecule has 1 aromatic heterocycles. The first kappa shape index (κ1) is 16.6. The van der Waals surface area contributed by atoms with Crippen LogP contribution >= 0.6 is 0 Å². The van der Waals surface area contributed by atoms with Gasteiger partial charge in [-0.05, 0) is 43.4 Å². The SMILES string of the molecule is Cc1ccccc1C(=O)N[C@@H]1CCCc2c1cnn2Cc1ccccc1. The Morgan fingerprint density at radius 3 is 2.73 bits per heavy atom. The second-order valence-corrected chi connectivity index (χ2v) is 6.92. The third kappa shape index (κ3) is 3.27. The summed E-state index contributed by atoms with van der Waals surface area (Å²) in [5.74, 6) is -0.00300. The van der Waals surface area contributed by atoms with Gasteiger partial charge in [0.25, 0.3) is 5.91 Å². The molecule has 4 rings (SSSR count). The molecule has 0 aliphatic heterocycles. The van der Waals surface area contributed by atoms with Crippen LogP contribution in [-0.2, 0) is 13.0 Å². The van der Waals surface area contributed by atoms with Crippen molar-refractivity contribution in [3.63, 3.8) is 0 Å². The van der Waals surface area contributed by atoms with Gasteiger partial charge in [-0.2, -0.15) is 5.10 Å². The van der Waals surface area contributed by atoms with Gasteiger partial charge in [0, 0.05) is 16.8 Å². The molecule has 1 heterocycles. The number of nitrogens with zero attached hydrogens (tertiary/aromatic N) is 2. The maximum absolute atomic E-state index is 12.7. The van der Waals surface area contributed by atoms with Crippen molar-refractivity contribution in [3.8, 4) is 0 Å². The quantitative estimate of drug-likeness (QED) is 0.775. The van der Waals surface area contributed by atoms with E-state index in [0.29, 0.717) is 0 Å². The molecule has 2 aromatic carbocycles. The highest BCUT2D eigenvalue weighted by Gasteiger charge is 2.26. The molecule has 1 aliphatic rings. The van der Waals surface area contributed by atoms with Gasteiger partial charge in [0.15, 0.2) is 0 Å². The third-order valence-corrected chi connectivity index (χ3v) is 5.13. The zero-order valence-corrected chi connectivity index (χ0v) is 15.0. The largest absolute Gasteiger partial charge is 0.345 e. The minimum atomic E-state index is -0.00300. The molecule has 0 saturated heterocycles. The summed E-state index contributed by atoms with van der Waals surface area (Å²) in [5, 5.41) is 7.82. The van der Waals surface area contributed by atoms with Gasteiger partial charge < -0.3 is 5.32 Å². The summed E-state index contributed by atoms with van der Waals surface area (Å²) in [6.07, 6.45) is 4.97. The Bertz CT molecular complexity index is 914. The summed E-state index contributed by atoms with van der Waals surface area (Å²) in [6.45, 7) is 2.74. The van der Waals surface area contributed by atoms with E-state index in [1.807, 2.05) is 43.5 Å². The third-order valence-electron chi connectivity index (χ3n) is 5.13. The molecule has 3 aromatic rings. The molecule has 1 atom stereocenters. The molecule has 0 radical (unpaired) electrons. The smallest absolute Gasteiger partial charge is 0.252 e. The summed E-state index contributed by atoms with van der Waals surface area (Å²) in [6, 6.07) is 18.1. The summed E-state index contributed by atoms with van der Waals surface area (Å²) in [7, 11) is 0. The highest BCUT2D eigenvalue weighted by atomic mass is 16.1. The molecule has 0 spiro atoms. The van der Waals surface area contributed by atoms with Crippen LogP contribution in [0.3, 0.4) is 0 Å². The van der Waals surface area contributed by atoms with Crippen molar-refractivity contribution in [2.45, 2.75) is 38.8 Å². The van der Waals surface area contributed by atoms with Crippen molar-refractivity contribution < 1.29 is 4.79 Å². The Morgan fingerprint density at radius 2 is 1.92 bits per heavy atom. The Labute approximate surface area is 153 Å². The Kier molecular flexibility index (Phi) is 4.57. The molecule has 132 valence electrons. The van der Waals surface area contributed by atoms with Gasteiger partial charge in [-0.3, -0.25) is 9.48 Å². The predicted octanol–water partition coefficient (Wildman–Crippen LogP) is 4.05. The van der Waals surface area contributed by atoms with Crippen molar-refractivity contribution in [3.05, 3.63) is 88.7 Å². The average Bonchev–Trinajstić information content (AvgIpc) is 3.07. The van der Waals surface area contributed by atoms with E-state index >= 15 is 0 Å². The monoisotopic (exact) mass is 345 g/mol. The number of hydrogen-bond acceptors (Lipinski definition) is 2. The first-order valence-electron chi connectivity index (χ1n) is 9.17. The molecule has 0 fully saturated rings. The fourth-order valence-corrected chi connectivity index (χ4v) is 3.72. The van der Waals surface area contributed by atoms with Gasteiger partial charge in [-0.1, -0.05) is 48.5 Å². The Morgan fingerprint density at radius 1 is 1.15 bits per heavy atom. The van der Waals surface area contributed by atoms with Gasteiger partial charge in [-0.15, -0.1) is 0 Å². The number of aryl methyl sites for hydroxylation is 1. The number of amides is 1. The van der Waals surface area contributed by atoms with Crippen LogP contribution in [0.2, 0.25) is 0 Å². The number of benzene rings is 2. The number of carbonyl (C=O) groups is 1. The highest BCUT2D eigenvalue weighted by molar-refractivity contribution is 5.95. The van der Waals surface area contributed by atoms with E-state index in [-0.39, 0.29) is 11.9 Å². The van der Waals surface area contributed by atoms with E-state index in [2.05, 4.69) is 39.4 Å². The van der Waals surface area contributed by atoms with E-state index in [0.717, 1.165) is 42.5 Å². The summed E-state index contributed by atoms with van der Waals surface area (Å²) in [5.41, 5.74) is 5.39. The molecule has 0 bridgehead atoms. The molecule has 4 heteroatoms. The van der Waals surface area contributed by atoms with Crippen LogP contribution in [0.15, 0.2) is 60.8 Å². The molecular formula is C22H23N3O. The first-order chi connectivity index (χ1) is 12.7. The predicted molar refractivity (Wildman–Crippen MR) is 102 cm³/mol. The lowest BCUT2D eigenvalue weighted by Crippen LogP contribution is -2.31. The van der Waals surface area contributed by atoms with Crippen molar-refractivity contribution in [1.29, 1.82) is 0 Å². The maximum atomic E-state index is 12.7. The molecule has 1 N–H and O–H groups in total. The van der Waals surface area contributed by atoms with Gasteiger partial charge in [0.05, 0.1) is 18.8 Å². The van der Waals surface area contributed by atoms with Crippen LogP contribution < -0.4 is 5.32 Å². The molecular weight excluding hydrogens is 322 g/mol. The van der Waals surface area contributed by atoms with Crippen molar-refractivity contribution >= 4 is 5.91 Å². The molecule has 0 saturated carbocycles. The number of carbonyl (C=O) groups excluding carboxylic acids is 1. The zero-order chi connectivity index (χ0) is 17.9. The molecule has 1 amide bonds. The van der Waals surface area contributed by atoms with Crippen LogP contribution in [0.4, 0.5) is 0 Å². The van der Waals surface area contributed by atoms with E-state index in [4.69, 9.17) is 0 Å². The molecule has 26 heavy (non-hydrogen) atoms. The van der Waals surface area contributed by atoms with Crippen LogP contribution in [0.5, 0.6) is 0 Å². The standard InChI is InChI=1S/C22H23N3O/c1-16-8-5-6-11-18(16)22(26)24-20-12-7-13-21-19(20)14-23-25(21)15-17-9-3-2-4-10-17/h2-6,8-11,14,20H,7,12-13,15H2,1H3,(H,24,26)/t20-/m1/s1. The lowest BCUT2D eigenvalue weighted by molar-refractivity contribution is 0.0932. The second kappa shape index (κ2) is 7.16. The highest BCUT2D eigenvalue weighted by Crippen LogP contribution is 2.30. The molecule has 0 unspecified atom stereocenters. The fraction of sp³-hybridized carbons (Fsp3) is 0.273. The number of fused-ring (bicyclic) bond motifs is 1. The number of rotatable bonds is 4. The van der Waals surface area contributed by atoms with Crippen molar-refractivity contribution in [1.82, 2.24) is 15.1 Å². The van der Waals surface area contributed by atoms with E-state index in [1.165, 1.54) is 11.3 Å². The minimum absolute atomic E-state index is 0.00300. The normalized spacial score (nSPS) is 16.1. The maximum Gasteiger partial charge on any atom is 0.252 e. The van der Waals surface area contributed by atoms with Crippen LogP contribution in [0.1, 0.15) is 51.6 Å². The van der Waals surface area contributed by atoms with Gasteiger partial charge in [0.1, 0.15) is 0 Å². The number of hydrogen-bond donors (Lipinski definition) is 1. The van der Waals surface area contributed by atoms with E-state index in [1.54, 1.807) is 0 Å². The Balaban J connectivity index is 1.55. The van der Waals surface area contributed by atoms with Gasteiger partial charge in [-0.25, -0.2) is 0 Å². The van der Waals surface area contributed by atoms with Crippen molar-refractivity contribution in [2.75, 3.05) is 0 Å². The fourth-order valence-electron chi connectivity index (χ4n) is 3.72. The molecule has 4 nitrogen and oxygen atoms in total. The average molecular weight is 345 g/mol. The number of aromatic nitrogens is 2. The van der Waals surface area contributed by atoms with E-state index < -0.39 is 0 Å². The van der Waals surface area contributed by atoms with Crippen molar-refractivity contribution in [2.24, 2.45) is 0 Å². The Hall–Kier alpha value is -2.88. The topological polar surface area (TPSA) is 46.9 Å². The zero-order valence-electron chi connectivity index (χ0n) is 15.0. The first-order valence-corrected chi connectivity index (χ1v) is 9.17.